The topological polar surface area (TPSA) is 114 Å². The summed E-state index contributed by atoms with van der Waals surface area (Å²) in [5.74, 6) is 0.109. The van der Waals surface area contributed by atoms with Gasteiger partial charge in [0.05, 0.1) is 18.1 Å². The van der Waals surface area contributed by atoms with Gasteiger partial charge in [-0.1, -0.05) is 0 Å². The zero-order valence-corrected chi connectivity index (χ0v) is 15.9. The summed E-state index contributed by atoms with van der Waals surface area (Å²) >= 11 is 0. The van der Waals surface area contributed by atoms with E-state index in [1.54, 1.807) is 32.2 Å². The van der Waals surface area contributed by atoms with Crippen LogP contribution in [0.5, 0.6) is 5.75 Å². The normalized spacial score (nSPS) is 14.4. The lowest BCUT2D eigenvalue weighted by atomic mass is 10.1. The molecule has 3 aromatic heterocycles. The summed E-state index contributed by atoms with van der Waals surface area (Å²) in [5.41, 5.74) is 0.548. The molecule has 9 nitrogen and oxygen atoms in total. The Morgan fingerprint density at radius 1 is 1.07 bits per heavy atom. The number of aromatic nitrogens is 4. The predicted molar refractivity (Wildman–Crippen MR) is 105 cm³/mol. The number of carbonyl (C=O) groups is 1. The molecule has 0 spiro atoms. The quantitative estimate of drug-likeness (QED) is 0.617. The van der Waals surface area contributed by atoms with Gasteiger partial charge in [0.1, 0.15) is 5.82 Å². The van der Waals surface area contributed by atoms with Crippen molar-refractivity contribution in [2.45, 2.75) is 26.4 Å². The van der Waals surface area contributed by atoms with Gasteiger partial charge in [-0.15, -0.1) is 0 Å². The van der Waals surface area contributed by atoms with Crippen molar-refractivity contribution >= 4 is 35.0 Å². The molecule has 0 bridgehead atoms. The van der Waals surface area contributed by atoms with Gasteiger partial charge < -0.3 is 20.7 Å². The van der Waals surface area contributed by atoms with E-state index < -0.39 is 11.4 Å². The molecule has 148 valence electrons. The zero-order valence-electron chi connectivity index (χ0n) is 15.9. The average molecular weight is 395 g/mol. The third kappa shape index (κ3) is 3.91. The van der Waals surface area contributed by atoms with E-state index >= 15 is 0 Å². The van der Waals surface area contributed by atoms with Gasteiger partial charge in [-0.2, -0.15) is 4.98 Å². The number of pyridine rings is 2. The third-order valence-corrected chi connectivity index (χ3v) is 4.16. The van der Waals surface area contributed by atoms with Crippen LogP contribution in [0.2, 0.25) is 0 Å². The minimum absolute atomic E-state index is 0.0709. The van der Waals surface area contributed by atoms with E-state index in [0.29, 0.717) is 11.4 Å². The smallest absolute Gasteiger partial charge is 0.269 e. The molecule has 0 saturated heterocycles. The highest BCUT2D eigenvalue weighted by Crippen LogP contribution is 2.33. The number of hydrogen-bond donors (Lipinski definition) is 3. The van der Waals surface area contributed by atoms with E-state index in [0.717, 1.165) is 11.9 Å². The molecule has 3 aromatic rings. The van der Waals surface area contributed by atoms with Crippen molar-refractivity contribution in [1.29, 1.82) is 0 Å². The average Bonchev–Trinajstić information content (AvgIpc) is 2.67. The standard InChI is InChI=1S/C19H18FN7O2/c1-10-4-5-11(8-21-10)23-18-22-9-12(20)15(27-18)24-14-7-6-13-16(25-14)26-17(28)19(2,3)29-13/h4-9H,1-3H3,(H3,22,23,24,25,26,27,28). The number of anilines is 5. The molecule has 4 rings (SSSR count). The van der Waals surface area contributed by atoms with Crippen LogP contribution in [0.15, 0.2) is 36.7 Å². The molecule has 0 saturated carbocycles. The first kappa shape index (κ1) is 18.5. The fourth-order valence-electron chi connectivity index (χ4n) is 2.57. The van der Waals surface area contributed by atoms with Crippen LogP contribution in [0.4, 0.5) is 33.5 Å². The molecule has 1 amide bonds. The van der Waals surface area contributed by atoms with E-state index in [1.807, 2.05) is 19.1 Å². The van der Waals surface area contributed by atoms with Gasteiger partial charge in [0, 0.05) is 5.69 Å². The number of nitrogens with zero attached hydrogens (tertiary/aromatic N) is 4. The fraction of sp³-hybridized carbons (Fsp3) is 0.211. The Bertz CT molecular complexity index is 1090. The first-order valence-corrected chi connectivity index (χ1v) is 8.81. The van der Waals surface area contributed by atoms with E-state index in [4.69, 9.17) is 4.74 Å². The Hall–Kier alpha value is -3.82. The SMILES string of the molecule is Cc1ccc(Nc2ncc(F)c(Nc3ccc4c(n3)NC(=O)C(C)(C)O4)n2)cn1. The Morgan fingerprint density at radius 3 is 2.66 bits per heavy atom. The molecular formula is C19H18FN7O2. The minimum Gasteiger partial charge on any atom is -0.474 e. The van der Waals surface area contributed by atoms with Crippen LogP contribution < -0.4 is 20.7 Å². The number of rotatable bonds is 4. The number of aryl methyl sites for hydroxylation is 1. The summed E-state index contributed by atoms with van der Waals surface area (Å²) in [4.78, 5) is 28.6. The second-order valence-electron chi connectivity index (χ2n) is 6.94. The summed E-state index contributed by atoms with van der Waals surface area (Å²) in [6.45, 7) is 5.19. The highest BCUT2D eigenvalue weighted by atomic mass is 19.1. The minimum atomic E-state index is -0.992. The molecular weight excluding hydrogens is 377 g/mol. The fourth-order valence-corrected chi connectivity index (χ4v) is 2.57. The lowest BCUT2D eigenvalue weighted by Crippen LogP contribution is -2.46. The lowest BCUT2D eigenvalue weighted by molar-refractivity contribution is -0.129. The number of ether oxygens (including phenoxy) is 1. The third-order valence-electron chi connectivity index (χ3n) is 4.16. The maximum absolute atomic E-state index is 14.2. The van der Waals surface area contributed by atoms with Crippen molar-refractivity contribution in [2.75, 3.05) is 16.0 Å². The molecule has 0 atom stereocenters. The number of amides is 1. The van der Waals surface area contributed by atoms with Crippen LogP contribution in [0.1, 0.15) is 19.5 Å². The number of hydrogen-bond acceptors (Lipinski definition) is 8. The van der Waals surface area contributed by atoms with Crippen molar-refractivity contribution in [3.63, 3.8) is 0 Å². The predicted octanol–water partition coefficient (Wildman–Crippen LogP) is 3.31. The Morgan fingerprint density at radius 2 is 1.90 bits per heavy atom. The van der Waals surface area contributed by atoms with Crippen LogP contribution in [0, 0.1) is 12.7 Å². The van der Waals surface area contributed by atoms with E-state index in [1.165, 1.54) is 0 Å². The summed E-state index contributed by atoms with van der Waals surface area (Å²) in [6, 6.07) is 6.89. The molecule has 3 N–H and O–H groups in total. The van der Waals surface area contributed by atoms with Gasteiger partial charge in [0.15, 0.2) is 28.8 Å². The van der Waals surface area contributed by atoms with Crippen LogP contribution in [0.25, 0.3) is 0 Å². The van der Waals surface area contributed by atoms with Gasteiger partial charge in [0.2, 0.25) is 5.95 Å². The Kier molecular flexibility index (Phi) is 4.45. The maximum Gasteiger partial charge on any atom is 0.269 e. The van der Waals surface area contributed by atoms with Gasteiger partial charge in [0.25, 0.3) is 5.91 Å². The Labute approximate surface area is 165 Å². The zero-order chi connectivity index (χ0) is 20.6. The van der Waals surface area contributed by atoms with Gasteiger partial charge >= 0.3 is 0 Å². The Balaban J connectivity index is 1.56. The lowest BCUT2D eigenvalue weighted by Gasteiger charge is -2.30. The van der Waals surface area contributed by atoms with Crippen LogP contribution in [-0.2, 0) is 4.79 Å². The number of carbonyl (C=O) groups excluding carboxylic acids is 1. The molecule has 0 aromatic carbocycles. The van der Waals surface area contributed by atoms with Crippen molar-refractivity contribution in [3.05, 3.63) is 48.2 Å². The number of nitrogens with one attached hydrogen (secondary N) is 3. The number of fused-ring (bicyclic) bond motifs is 1. The molecule has 0 radical (unpaired) electrons. The summed E-state index contributed by atoms with van der Waals surface area (Å²) in [6.07, 6.45) is 2.68. The highest BCUT2D eigenvalue weighted by molar-refractivity contribution is 5.99. The van der Waals surface area contributed by atoms with Gasteiger partial charge in [-0.3, -0.25) is 9.78 Å². The second-order valence-corrected chi connectivity index (χ2v) is 6.94. The molecule has 4 heterocycles. The number of halogens is 1. The van der Waals surface area contributed by atoms with E-state index in [2.05, 4.69) is 35.9 Å². The molecule has 29 heavy (non-hydrogen) atoms. The first-order chi connectivity index (χ1) is 13.8. The summed E-state index contributed by atoms with van der Waals surface area (Å²) in [7, 11) is 0. The van der Waals surface area contributed by atoms with Gasteiger partial charge in [-0.25, -0.2) is 14.4 Å². The van der Waals surface area contributed by atoms with Crippen molar-refractivity contribution in [3.8, 4) is 5.75 Å². The van der Waals surface area contributed by atoms with Gasteiger partial charge in [-0.05, 0) is 45.0 Å². The molecule has 0 unspecified atom stereocenters. The largest absolute Gasteiger partial charge is 0.474 e. The van der Waals surface area contributed by atoms with Crippen LogP contribution in [-0.4, -0.2) is 31.4 Å². The van der Waals surface area contributed by atoms with Crippen molar-refractivity contribution < 1.29 is 13.9 Å². The molecule has 10 heteroatoms. The molecule has 0 fully saturated rings. The van der Waals surface area contributed by atoms with E-state index in [9.17, 15) is 9.18 Å². The second kappa shape index (κ2) is 6.97. The monoisotopic (exact) mass is 395 g/mol. The summed E-state index contributed by atoms with van der Waals surface area (Å²) < 4.78 is 19.8. The first-order valence-electron chi connectivity index (χ1n) is 8.81. The van der Waals surface area contributed by atoms with Crippen LogP contribution in [0.3, 0.4) is 0 Å². The van der Waals surface area contributed by atoms with Crippen molar-refractivity contribution in [2.24, 2.45) is 0 Å². The molecule has 0 aliphatic carbocycles. The van der Waals surface area contributed by atoms with Crippen molar-refractivity contribution in [1.82, 2.24) is 19.9 Å². The summed E-state index contributed by atoms with van der Waals surface area (Å²) in [5, 5.41) is 8.43. The van der Waals surface area contributed by atoms with E-state index in [-0.39, 0.29) is 29.3 Å². The highest BCUT2D eigenvalue weighted by Gasteiger charge is 2.36. The maximum atomic E-state index is 14.2. The van der Waals surface area contributed by atoms with Crippen LogP contribution >= 0.6 is 0 Å². The molecule has 1 aliphatic heterocycles. The molecule has 1 aliphatic rings.